The van der Waals surface area contributed by atoms with Gasteiger partial charge in [-0.05, 0) is 48.0 Å². The predicted octanol–water partition coefficient (Wildman–Crippen LogP) is 3.92. The van der Waals surface area contributed by atoms with Crippen LogP contribution in [-0.4, -0.2) is 49.8 Å². The number of fused-ring (bicyclic) bond motifs is 2. The quantitative estimate of drug-likeness (QED) is 0.484. The summed E-state index contributed by atoms with van der Waals surface area (Å²) in [5, 5.41) is 4.90. The van der Waals surface area contributed by atoms with E-state index in [9.17, 15) is 9.59 Å². The summed E-state index contributed by atoms with van der Waals surface area (Å²) in [4.78, 5) is 28.9. The number of amides is 2. The highest BCUT2D eigenvalue weighted by Gasteiger charge is 2.51. The lowest BCUT2D eigenvalue weighted by atomic mass is 9.84. The van der Waals surface area contributed by atoms with Crippen molar-refractivity contribution in [2.24, 2.45) is 5.73 Å². The highest BCUT2D eigenvalue weighted by atomic mass is 79.9. The van der Waals surface area contributed by atoms with Gasteiger partial charge in [0, 0.05) is 22.9 Å². The number of benzene rings is 3. The Balaban J connectivity index is 1.65. The Morgan fingerprint density at radius 3 is 2.70 bits per heavy atom. The second-order valence-corrected chi connectivity index (χ2v) is 10.4. The molecule has 3 aromatic rings. The third-order valence-electron chi connectivity index (χ3n) is 7.13. The van der Waals surface area contributed by atoms with E-state index in [0.717, 1.165) is 20.8 Å². The molecule has 1 fully saturated rings. The SMILES string of the molecule is COc1ccc2cc(Br)ccc2c1CN1C(=O)[C@@H](NC(=O)[C@H](C)N)C2(CCOCC2)Oc2ccccc21. The van der Waals surface area contributed by atoms with Gasteiger partial charge in [0.1, 0.15) is 23.1 Å². The number of carbonyl (C=O) groups is 2. The summed E-state index contributed by atoms with van der Waals surface area (Å²) in [6.07, 6.45) is 0.910. The van der Waals surface area contributed by atoms with Crippen molar-refractivity contribution in [3.05, 3.63) is 64.6 Å². The molecule has 0 bridgehead atoms. The Labute approximate surface area is 224 Å². The highest BCUT2D eigenvalue weighted by molar-refractivity contribution is 9.10. The zero-order chi connectivity index (χ0) is 26.2. The highest BCUT2D eigenvalue weighted by Crippen LogP contribution is 2.42. The molecular weight excluding hydrogens is 538 g/mol. The third-order valence-corrected chi connectivity index (χ3v) is 7.63. The molecule has 0 aromatic heterocycles. The number of rotatable bonds is 5. The molecule has 1 spiro atoms. The Morgan fingerprint density at radius 1 is 1.22 bits per heavy atom. The number of para-hydroxylation sites is 2. The van der Waals surface area contributed by atoms with Gasteiger partial charge in [-0.15, -0.1) is 0 Å². The Bertz CT molecular complexity index is 1340. The van der Waals surface area contributed by atoms with Gasteiger partial charge >= 0.3 is 0 Å². The normalized spacial score (nSPS) is 19.6. The lowest BCUT2D eigenvalue weighted by molar-refractivity contribution is -0.137. The smallest absolute Gasteiger partial charge is 0.254 e. The molecule has 0 unspecified atom stereocenters. The van der Waals surface area contributed by atoms with Crippen molar-refractivity contribution in [1.82, 2.24) is 5.32 Å². The minimum absolute atomic E-state index is 0.221. The fraction of sp³-hybridized carbons (Fsp3) is 0.357. The van der Waals surface area contributed by atoms with Crippen molar-refractivity contribution < 1.29 is 23.8 Å². The molecule has 2 aliphatic heterocycles. The molecule has 0 saturated carbocycles. The lowest BCUT2D eigenvalue weighted by Crippen LogP contribution is -2.65. The molecule has 0 radical (unpaired) electrons. The van der Waals surface area contributed by atoms with Crippen molar-refractivity contribution in [2.75, 3.05) is 25.2 Å². The van der Waals surface area contributed by atoms with Crippen LogP contribution in [0.15, 0.2) is 59.1 Å². The zero-order valence-corrected chi connectivity index (χ0v) is 22.4. The van der Waals surface area contributed by atoms with Crippen molar-refractivity contribution in [3.8, 4) is 11.5 Å². The maximum atomic E-state index is 14.4. The molecule has 8 nitrogen and oxygen atoms in total. The maximum absolute atomic E-state index is 14.4. The first kappa shape index (κ1) is 25.5. The predicted molar refractivity (Wildman–Crippen MR) is 145 cm³/mol. The second kappa shape index (κ2) is 10.3. The number of halogens is 1. The van der Waals surface area contributed by atoms with E-state index in [4.69, 9.17) is 19.9 Å². The molecule has 37 heavy (non-hydrogen) atoms. The largest absolute Gasteiger partial charge is 0.496 e. The Kier molecular flexibility index (Phi) is 7.11. The van der Waals surface area contributed by atoms with Gasteiger partial charge in [0.2, 0.25) is 5.91 Å². The number of nitrogens with two attached hydrogens (primary N) is 1. The fourth-order valence-electron chi connectivity index (χ4n) is 5.14. The van der Waals surface area contributed by atoms with E-state index in [1.807, 2.05) is 54.6 Å². The van der Waals surface area contributed by atoms with Crippen molar-refractivity contribution in [3.63, 3.8) is 0 Å². The number of hydrogen-bond donors (Lipinski definition) is 2. The average Bonchev–Trinajstić information content (AvgIpc) is 2.98. The van der Waals surface area contributed by atoms with Crippen molar-refractivity contribution in [1.29, 1.82) is 0 Å². The summed E-state index contributed by atoms with van der Waals surface area (Å²) in [5.41, 5.74) is 6.42. The van der Waals surface area contributed by atoms with Crippen LogP contribution in [0.5, 0.6) is 11.5 Å². The number of nitrogens with zero attached hydrogens (tertiary/aromatic N) is 1. The van der Waals surface area contributed by atoms with Crippen LogP contribution >= 0.6 is 15.9 Å². The Morgan fingerprint density at radius 2 is 1.97 bits per heavy atom. The molecule has 2 atom stereocenters. The first-order valence-electron chi connectivity index (χ1n) is 12.3. The minimum atomic E-state index is -0.960. The number of hydrogen-bond acceptors (Lipinski definition) is 6. The van der Waals surface area contributed by atoms with Crippen LogP contribution in [0.2, 0.25) is 0 Å². The molecule has 2 heterocycles. The summed E-state index contributed by atoms with van der Waals surface area (Å²) < 4.78 is 18.9. The van der Waals surface area contributed by atoms with Gasteiger partial charge < -0.3 is 30.2 Å². The molecule has 3 N–H and O–H groups in total. The van der Waals surface area contributed by atoms with Crippen LogP contribution < -0.4 is 25.4 Å². The maximum Gasteiger partial charge on any atom is 0.254 e. The van der Waals surface area contributed by atoms with Crippen LogP contribution in [0.1, 0.15) is 25.3 Å². The summed E-state index contributed by atoms with van der Waals surface area (Å²) >= 11 is 3.54. The number of ether oxygens (including phenoxy) is 3. The average molecular weight is 568 g/mol. The van der Waals surface area contributed by atoms with Gasteiger partial charge in [-0.1, -0.05) is 40.2 Å². The molecular formula is C28H30BrN3O5. The van der Waals surface area contributed by atoms with Gasteiger partial charge in [-0.25, -0.2) is 0 Å². The number of nitrogens with one attached hydrogen (secondary N) is 1. The number of methoxy groups -OCH3 is 1. The molecule has 2 amide bonds. The van der Waals surface area contributed by atoms with E-state index >= 15 is 0 Å². The summed E-state index contributed by atoms with van der Waals surface area (Å²) in [5.74, 6) is 0.572. The van der Waals surface area contributed by atoms with E-state index in [2.05, 4.69) is 21.2 Å². The van der Waals surface area contributed by atoms with E-state index in [-0.39, 0.29) is 12.5 Å². The zero-order valence-electron chi connectivity index (χ0n) is 20.8. The molecule has 194 valence electrons. The van der Waals surface area contributed by atoms with Gasteiger partial charge in [-0.2, -0.15) is 0 Å². The number of carbonyl (C=O) groups excluding carboxylic acids is 2. The van der Waals surface area contributed by atoms with E-state index in [0.29, 0.717) is 43.2 Å². The summed E-state index contributed by atoms with van der Waals surface area (Å²) in [6, 6.07) is 15.7. The van der Waals surface area contributed by atoms with Crippen LogP contribution in [0.25, 0.3) is 10.8 Å². The molecule has 3 aromatic carbocycles. The second-order valence-electron chi connectivity index (χ2n) is 9.51. The third kappa shape index (κ3) is 4.79. The minimum Gasteiger partial charge on any atom is -0.496 e. The first-order valence-corrected chi connectivity index (χ1v) is 13.1. The lowest BCUT2D eigenvalue weighted by Gasteiger charge is -2.41. The standard InChI is InChI=1S/C28H30BrN3O5/c1-17(30)26(33)31-25-27(34)32(16-21-20-9-8-19(29)15-18(20)7-10-23(21)35-2)22-5-3-4-6-24(22)37-28(25)11-13-36-14-12-28/h3-10,15,17,25H,11-14,16,30H2,1-2H3,(H,31,33)/t17-,25+/m0/s1. The van der Waals surface area contributed by atoms with Crippen molar-refractivity contribution in [2.45, 2.75) is 44.0 Å². The van der Waals surface area contributed by atoms with Crippen molar-refractivity contribution >= 4 is 44.2 Å². The summed E-state index contributed by atoms with van der Waals surface area (Å²) in [7, 11) is 1.62. The molecule has 0 aliphatic carbocycles. The van der Waals surface area contributed by atoms with Gasteiger partial charge in [0.25, 0.3) is 5.91 Å². The summed E-state index contributed by atoms with van der Waals surface area (Å²) in [6.45, 7) is 2.66. The Hall–Kier alpha value is -3.14. The van der Waals surface area contributed by atoms with Crippen LogP contribution in [0, 0.1) is 0 Å². The van der Waals surface area contributed by atoms with Crippen LogP contribution in [0.3, 0.4) is 0 Å². The number of anilines is 1. The van der Waals surface area contributed by atoms with E-state index in [1.54, 1.807) is 18.9 Å². The topological polar surface area (TPSA) is 103 Å². The van der Waals surface area contributed by atoms with Gasteiger partial charge in [0.05, 0.1) is 38.6 Å². The van der Waals surface area contributed by atoms with Crippen LogP contribution in [0.4, 0.5) is 5.69 Å². The molecule has 1 saturated heterocycles. The molecule has 9 heteroatoms. The first-order chi connectivity index (χ1) is 17.8. The molecule has 2 aliphatic rings. The van der Waals surface area contributed by atoms with E-state index < -0.39 is 23.6 Å². The van der Waals surface area contributed by atoms with E-state index in [1.165, 1.54) is 0 Å². The monoisotopic (exact) mass is 567 g/mol. The fourth-order valence-corrected chi connectivity index (χ4v) is 5.52. The van der Waals surface area contributed by atoms with Gasteiger partial charge in [0.15, 0.2) is 0 Å². The van der Waals surface area contributed by atoms with Crippen LogP contribution in [-0.2, 0) is 20.9 Å². The molecule has 5 rings (SSSR count). The van der Waals surface area contributed by atoms with Gasteiger partial charge in [-0.3, -0.25) is 9.59 Å².